The second kappa shape index (κ2) is 34.0. The molecular weight excluding hydrogens is 444 g/mol. The Hall–Kier alpha value is 0. The number of hydrogen-bond acceptors (Lipinski definition) is 0. The summed E-state index contributed by atoms with van der Waals surface area (Å²) in [5.41, 5.74) is 0. The quantitative estimate of drug-likeness (QED) is 0.0756. The van der Waals surface area contributed by atoms with Crippen molar-refractivity contribution in [3.8, 4) is 0 Å². The average molecular weight is 520 g/mol. The fraction of sp³-hybridized carbons (Fsp3) is 0.973. The maximum atomic E-state index is 4.10. The highest BCUT2D eigenvalue weighted by molar-refractivity contribution is 4.62. The molecule has 1 atom stereocenters. The summed E-state index contributed by atoms with van der Waals surface area (Å²) >= 11 is 0. The normalized spacial score (nSPS) is 12.4. The van der Waals surface area contributed by atoms with E-state index < -0.39 is 0 Å². The molecular formula is C37H75. The molecule has 0 aliphatic carbocycles. The van der Waals surface area contributed by atoms with Crippen LogP contribution in [0.15, 0.2) is 0 Å². The van der Waals surface area contributed by atoms with Crippen LogP contribution in [0.4, 0.5) is 0 Å². The van der Waals surface area contributed by atoms with Crippen LogP contribution in [0.5, 0.6) is 0 Å². The molecule has 223 valence electrons. The van der Waals surface area contributed by atoms with Crippen molar-refractivity contribution in [1.29, 1.82) is 0 Å². The van der Waals surface area contributed by atoms with Crippen LogP contribution < -0.4 is 0 Å². The van der Waals surface area contributed by atoms with E-state index in [9.17, 15) is 0 Å². The monoisotopic (exact) mass is 520 g/mol. The molecule has 37 heavy (non-hydrogen) atoms. The molecule has 0 amide bonds. The molecule has 0 aromatic carbocycles. The van der Waals surface area contributed by atoms with Crippen molar-refractivity contribution in [2.24, 2.45) is 5.92 Å². The highest BCUT2D eigenvalue weighted by atomic mass is 14.1. The fourth-order valence-electron chi connectivity index (χ4n) is 6.12. The molecule has 1 radical (unpaired) electrons. The zero-order valence-electron chi connectivity index (χ0n) is 26.6. The average Bonchev–Trinajstić information content (AvgIpc) is 2.91. The Kier molecular flexibility index (Phi) is 34.0. The van der Waals surface area contributed by atoms with Crippen LogP contribution in [0.1, 0.15) is 226 Å². The van der Waals surface area contributed by atoms with Crippen LogP contribution in [0.25, 0.3) is 0 Å². The third-order valence-corrected chi connectivity index (χ3v) is 8.79. The minimum Gasteiger partial charge on any atom is -0.0654 e. The van der Waals surface area contributed by atoms with Crippen molar-refractivity contribution < 1.29 is 0 Å². The molecule has 0 fully saturated rings. The van der Waals surface area contributed by atoms with E-state index in [1.807, 2.05) is 0 Å². The minimum absolute atomic E-state index is 0.997. The van der Waals surface area contributed by atoms with E-state index in [2.05, 4.69) is 20.8 Å². The second-order valence-electron chi connectivity index (χ2n) is 12.6. The van der Waals surface area contributed by atoms with E-state index in [4.69, 9.17) is 0 Å². The lowest BCUT2D eigenvalue weighted by Gasteiger charge is -2.16. The van der Waals surface area contributed by atoms with Crippen LogP contribution in [0, 0.1) is 12.8 Å². The van der Waals surface area contributed by atoms with Crippen molar-refractivity contribution in [3.63, 3.8) is 0 Å². The number of hydrogen-bond donors (Lipinski definition) is 0. The van der Waals surface area contributed by atoms with Gasteiger partial charge in [-0.2, -0.15) is 0 Å². The van der Waals surface area contributed by atoms with Crippen LogP contribution in [0.2, 0.25) is 0 Å². The topological polar surface area (TPSA) is 0 Å². The first-order valence-corrected chi connectivity index (χ1v) is 18.1. The molecule has 1 unspecified atom stereocenters. The van der Waals surface area contributed by atoms with E-state index in [1.54, 1.807) is 0 Å². The summed E-state index contributed by atoms with van der Waals surface area (Å²) in [5.74, 6) is 0.997. The molecule has 0 aliphatic rings. The predicted molar refractivity (Wildman–Crippen MR) is 173 cm³/mol. The van der Waals surface area contributed by atoms with Gasteiger partial charge in [-0.05, 0) is 5.92 Å². The first-order chi connectivity index (χ1) is 18.3. The maximum Gasteiger partial charge on any atom is -0.0414 e. The van der Waals surface area contributed by atoms with Gasteiger partial charge in [0.25, 0.3) is 0 Å². The van der Waals surface area contributed by atoms with Gasteiger partial charge in [-0.1, -0.05) is 233 Å². The van der Waals surface area contributed by atoms with Gasteiger partial charge in [0, 0.05) is 0 Å². The number of unbranched alkanes of at least 4 members (excludes halogenated alkanes) is 27. The summed E-state index contributed by atoms with van der Waals surface area (Å²) in [7, 11) is 0. The van der Waals surface area contributed by atoms with E-state index in [0.29, 0.717) is 0 Å². The summed E-state index contributed by atoms with van der Waals surface area (Å²) in [4.78, 5) is 0. The molecule has 0 saturated carbocycles. The Morgan fingerprint density at radius 2 is 0.514 bits per heavy atom. The second-order valence-corrected chi connectivity index (χ2v) is 12.6. The molecule has 0 aromatic heterocycles. The molecule has 0 heterocycles. The summed E-state index contributed by atoms with van der Waals surface area (Å²) in [6, 6.07) is 0. The highest BCUT2D eigenvalue weighted by Crippen LogP contribution is 2.24. The summed E-state index contributed by atoms with van der Waals surface area (Å²) in [6.07, 6.45) is 48.1. The lowest BCUT2D eigenvalue weighted by molar-refractivity contribution is 0.372. The predicted octanol–water partition coefficient (Wildman–Crippen LogP) is 14.3. The van der Waals surface area contributed by atoms with Crippen LogP contribution >= 0.6 is 0 Å². The zero-order chi connectivity index (χ0) is 26.9. The third kappa shape index (κ3) is 32.1. The SMILES string of the molecule is [CH2]CCCC(CCCCCCCCCCCCC)CCCCCCCCCCCCCCCCCCC. The van der Waals surface area contributed by atoms with E-state index in [-0.39, 0.29) is 0 Å². The van der Waals surface area contributed by atoms with Crippen LogP contribution in [-0.4, -0.2) is 0 Å². The molecule has 0 bridgehead atoms. The van der Waals surface area contributed by atoms with Gasteiger partial charge in [0.1, 0.15) is 0 Å². The molecule has 0 saturated heterocycles. The van der Waals surface area contributed by atoms with Crippen molar-refractivity contribution in [2.45, 2.75) is 226 Å². The summed E-state index contributed by atoms with van der Waals surface area (Å²) < 4.78 is 0. The lowest BCUT2D eigenvalue weighted by Crippen LogP contribution is -2.01. The smallest absolute Gasteiger partial charge is 0.0414 e. The van der Waals surface area contributed by atoms with Crippen molar-refractivity contribution >= 4 is 0 Å². The zero-order valence-corrected chi connectivity index (χ0v) is 26.6. The fourth-order valence-corrected chi connectivity index (χ4v) is 6.12. The molecule has 0 rings (SSSR count). The van der Waals surface area contributed by atoms with E-state index >= 15 is 0 Å². The van der Waals surface area contributed by atoms with Gasteiger partial charge in [0.05, 0.1) is 0 Å². The van der Waals surface area contributed by atoms with Crippen LogP contribution in [0.3, 0.4) is 0 Å². The minimum atomic E-state index is 0.997. The Bertz CT molecular complexity index is 372. The summed E-state index contributed by atoms with van der Waals surface area (Å²) in [5, 5.41) is 0. The maximum absolute atomic E-state index is 4.10. The van der Waals surface area contributed by atoms with Crippen molar-refractivity contribution in [1.82, 2.24) is 0 Å². The Morgan fingerprint density at radius 3 is 0.757 bits per heavy atom. The Balaban J connectivity index is 3.44. The number of rotatable bonds is 33. The van der Waals surface area contributed by atoms with Gasteiger partial charge >= 0.3 is 0 Å². The molecule has 0 N–H and O–H groups in total. The molecule has 0 aromatic rings. The van der Waals surface area contributed by atoms with Gasteiger partial charge in [-0.15, -0.1) is 0 Å². The first kappa shape index (κ1) is 37.0. The largest absolute Gasteiger partial charge is 0.0654 e. The third-order valence-electron chi connectivity index (χ3n) is 8.79. The molecule has 0 nitrogen and oxygen atoms in total. The Morgan fingerprint density at radius 1 is 0.297 bits per heavy atom. The Labute approximate surface area is 238 Å². The van der Waals surface area contributed by atoms with Crippen LogP contribution in [-0.2, 0) is 0 Å². The van der Waals surface area contributed by atoms with Gasteiger partial charge in [0.2, 0.25) is 0 Å². The first-order valence-electron chi connectivity index (χ1n) is 18.1. The van der Waals surface area contributed by atoms with E-state index in [1.165, 1.54) is 205 Å². The standard InChI is InChI=1S/C37H75/c1-4-7-10-12-14-16-18-19-20-21-22-23-25-27-29-31-33-36-37(34-9-6-3)35-32-30-28-26-24-17-15-13-11-8-5-2/h37H,3-36H2,1-2H3. The summed E-state index contributed by atoms with van der Waals surface area (Å²) in [6.45, 7) is 8.72. The van der Waals surface area contributed by atoms with Gasteiger partial charge in [0.15, 0.2) is 0 Å². The lowest BCUT2D eigenvalue weighted by atomic mass is 9.90. The molecule has 0 heteroatoms. The van der Waals surface area contributed by atoms with Gasteiger partial charge in [-0.25, -0.2) is 0 Å². The highest BCUT2D eigenvalue weighted by Gasteiger charge is 2.08. The molecule has 0 spiro atoms. The molecule has 0 aliphatic heterocycles. The van der Waals surface area contributed by atoms with Gasteiger partial charge < -0.3 is 0 Å². The van der Waals surface area contributed by atoms with Gasteiger partial charge in [-0.3, -0.25) is 0 Å². The van der Waals surface area contributed by atoms with Crippen molar-refractivity contribution in [2.75, 3.05) is 0 Å². The van der Waals surface area contributed by atoms with E-state index in [0.717, 1.165) is 12.3 Å². The van der Waals surface area contributed by atoms with Crippen molar-refractivity contribution in [3.05, 3.63) is 6.92 Å².